The third kappa shape index (κ3) is 2.83. The van der Waals surface area contributed by atoms with Crippen molar-refractivity contribution in [1.29, 1.82) is 0 Å². The summed E-state index contributed by atoms with van der Waals surface area (Å²) < 4.78 is 0. The molecule has 100 valence electrons. The van der Waals surface area contributed by atoms with Gasteiger partial charge < -0.3 is 10.2 Å². The van der Waals surface area contributed by atoms with Crippen molar-refractivity contribution in [3.8, 4) is 0 Å². The van der Waals surface area contributed by atoms with Gasteiger partial charge in [-0.3, -0.25) is 0 Å². The standard InChI is InChI=1S/C15H25N3/c1-11-7-8-18(10-12(11)2)15-6-5-14(9-17-15)13(3)16-4/h5-6,9,11-13,16H,7-8,10H2,1-4H3. The van der Waals surface area contributed by atoms with Crippen LogP contribution in [0.5, 0.6) is 0 Å². The lowest BCUT2D eigenvalue weighted by Crippen LogP contribution is -2.38. The third-order valence-corrected chi connectivity index (χ3v) is 4.36. The molecule has 2 heterocycles. The Morgan fingerprint density at radius 1 is 1.33 bits per heavy atom. The molecule has 3 heteroatoms. The molecule has 0 aromatic carbocycles. The number of nitrogens with zero attached hydrogens (tertiary/aromatic N) is 2. The van der Waals surface area contributed by atoms with E-state index in [0.29, 0.717) is 6.04 Å². The second-order valence-electron chi connectivity index (χ2n) is 5.65. The topological polar surface area (TPSA) is 28.2 Å². The van der Waals surface area contributed by atoms with Crippen molar-refractivity contribution in [1.82, 2.24) is 10.3 Å². The highest BCUT2D eigenvalue weighted by Gasteiger charge is 2.23. The second-order valence-corrected chi connectivity index (χ2v) is 5.65. The van der Waals surface area contributed by atoms with Crippen molar-refractivity contribution in [3.63, 3.8) is 0 Å². The molecule has 0 amide bonds. The normalized spacial score (nSPS) is 26.1. The van der Waals surface area contributed by atoms with Gasteiger partial charge in [0.05, 0.1) is 0 Å². The number of anilines is 1. The Kier molecular flexibility index (Phi) is 4.23. The largest absolute Gasteiger partial charge is 0.356 e. The Hall–Kier alpha value is -1.09. The first-order valence-corrected chi connectivity index (χ1v) is 7.00. The van der Waals surface area contributed by atoms with Gasteiger partial charge in [-0.2, -0.15) is 0 Å². The smallest absolute Gasteiger partial charge is 0.128 e. The van der Waals surface area contributed by atoms with Gasteiger partial charge in [-0.1, -0.05) is 19.9 Å². The maximum absolute atomic E-state index is 4.62. The number of hydrogen-bond donors (Lipinski definition) is 1. The van der Waals surface area contributed by atoms with Gasteiger partial charge in [0.1, 0.15) is 5.82 Å². The van der Waals surface area contributed by atoms with E-state index in [1.165, 1.54) is 12.0 Å². The average molecular weight is 247 g/mol. The zero-order valence-corrected chi connectivity index (χ0v) is 12.0. The van der Waals surface area contributed by atoms with E-state index in [9.17, 15) is 0 Å². The summed E-state index contributed by atoms with van der Waals surface area (Å²) in [6, 6.07) is 4.71. The van der Waals surface area contributed by atoms with Crippen LogP contribution in [0.4, 0.5) is 5.82 Å². The fraction of sp³-hybridized carbons (Fsp3) is 0.667. The third-order valence-electron chi connectivity index (χ3n) is 4.36. The summed E-state index contributed by atoms with van der Waals surface area (Å²) >= 11 is 0. The summed E-state index contributed by atoms with van der Waals surface area (Å²) in [5, 5.41) is 3.24. The van der Waals surface area contributed by atoms with E-state index in [1.807, 2.05) is 13.2 Å². The lowest BCUT2D eigenvalue weighted by molar-refractivity contribution is 0.323. The zero-order chi connectivity index (χ0) is 13.1. The molecule has 3 atom stereocenters. The van der Waals surface area contributed by atoms with Crippen molar-refractivity contribution < 1.29 is 0 Å². The Morgan fingerprint density at radius 3 is 2.67 bits per heavy atom. The summed E-state index contributed by atoms with van der Waals surface area (Å²) in [6.07, 6.45) is 3.27. The summed E-state index contributed by atoms with van der Waals surface area (Å²) in [5.41, 5.74) is 1.25. The van der Waals surface area contributed by atoms with Crippen molar-refractivity contribution >= 4 is 5.82 Å². The van der Waals surface area contributed by atoms with Gasteiger partial charge in [0, 0.05) is 25.3 Å². The number of rotatable bonds is 3. The van der Waals surface area contributed by atoms with E-state index in [4.69, 9.17) is 0 Å². The van der Waals surface area contributed by atoms with Gasteiger partial charge in [-0.25, -0.2) is 4.98 Å². The molecule has 0 aliphatic carbocycles. The molecule has 0 bridgehead atoms. The number of aromatic nitrogens is 1. The van der Waals surface area contributed by atoms with Gasteiger partial charge in [0.25, 0.3) is 0 Å². The average Bonchev–Trinajstić information content (AvgIpc) is 2.41. The minimum atomic E-state index is 0.367. The molecule has 1 fully saturated rings. The van der Waals surface area contributed by atoms with Crippen LogP contribution in [0.3, 0.4) is 0 Å². The zero-order valence-electron chi connectivity index (χ0n) is 12.0. The van der Waals surface area contributed by atoms with Crippen LogP contribution < -0.4 is 10.2 Å². The Balaban J connectivity index is 2.06. The Bertz CT molecular complexity index is 374. The van der Waals surface area contributed by atoms with E-state index in [0.717, 1.165) is 30.7 Å². The highest BCUT2D eigenvalue weighted by atomic mass is 15.2. The predicted molar refractivity (Wildman–Crippen MR) is 76.9 cm³/mol. The van der Waals surface area contributed by atoms with Gasteiger partial charge in [0.15, 0.2) is 0 Å². The van der Waals surface area contributed by atoms with Crippen molar-refractivity contribution in [2.75, 3.05) is 25.0 Å². The van der Waals surface area contributed by atoms with Crippen LogP contribution in [-0.2, 0) is 0 Å². The summed E-state index contributed by atoms with van der Waals surface area (Å²) in [6.45, 7) is 9.12. The van der Waals surface area contributed by atoms with Crippen molar-refractivity contribution in [3.05, 3.63) is 23.9 Å². The molecule has 1 aromatic rings. The fourth-order valence-corrected chi connectivity index (χ4v) is 2.48. The highest BCUT2D eigenvalue weighted by Crippen LogP contribution is 2.26. The summed E-state index contributed by atoms with van der Waals surface area (Å²) in [7, 11) is 1.98. The lowest BCUT2D eigenvalue weighted by atomic mass is 9.89. The molecule has 0 spiro atoms. The first-order valence-electron chi connectivity index (χ1n) is 7.00. The predicted octanol–water partition coefficient (Wildman–Crippen LogP) is 2.84. The van der Waals surface area contributed by atoms with E-state index < -0.39 is 0 Å². The molecule has 0 saturated carbocycles. The van der Waals surface area contributed by atoms with Crippen LogP contribution in [0, 0.1) is 11.8 Å². The molecule has 2 rings (SSSR count). The first kappa shape index (κ1) is 13.3. The number of pyridine rings is 1. The van der Waals surface area contributed by atoms with Gasteiger partial charge in [0.2, 0.25) is 0 Å². The van der Waals surface area contributed by atoms with Crippen LogP contribution in [0.25, 0.3) is 0 Å². The molecular formula is C15H25N3. The Labute approximate surface area is 111 Å². The highest BCUT2D eigenvalue weighted by molar-refractivity contribution is 5.40. The molecule has 1 aliphatic rings. The van der Waals surface area contributed by atoms with Crippen molar-refractivity contribution in [2.45, 2.75) is 33.2 Å². The molecule has 18 heavy (non-hydrogen) atoms. The molecule has 3 nitrogen and oxygen atoms in total. The van der Waals surface area contributed by atoms with Crippen LogP contribution in [0.2, 0.25) is 0 Å². The molecule has 1 saturated heterocycles. The van der Waals surface area contributed by atoms with Crippen molar-refractivity contribution in [2.24, 2.45) is 11.8 Å². The molecule has 0 radical (unpaired) electrons. The monoisotopic (exact) mass is 247 g/mol. The quantitative estimate of drug-likeness (QED) is 0.890. The summed E-state index contributed by atoms with van der Waals surface area (Å²) in [4.78, 5) is 7.03. The van der Waals surface area contributed by atoms with E-state index >= 15 is 0 Å². The number of piperidine rings is 1. The second kappa shape index (κ2) is 5.70. The van der Waals surface area contributed by atoms with Crippen LogP contribution in [0.1, 0.15) is 38.8 Å². The van der Waals surface area contributed by atoms with Crippen LogP contribution in [0.15, 0.2) is 18.3 Å². The molecule has 3 unspecified atom stereocenters. The minimum Gasteiger partial charge on any atom is -0.356 e. The first-order chi connectivity index (χ1) is 8.61. The van der Waals surface area contributed by atoms with Gasteiger partial charge in [-0.05, 0) is 43.9 Å². The van der Waals surface area contributed by atoms with Crippen LogP contribution in [-0.4, -0.2) is 25.1 Å². The maximum Gasteiger partial charge on any atom is 0.128 e. The van der Waals surface area contributed by atoms with Crippen LogP contribution >= 0.6 is 0 Å². The number of nitrogens with one attached hydrogen (secondary N) is 1. The van der Waals surface area contributed by atoms with Gasteiger partial charge >= 0.3 is 0 Å². The Morgan fingerprint density at radius 2 is 2.11 bits per heavy atom. The minimum absolute atomic E-state index is 0.367. The number of hydrogen-bond acceptors (Lipinski definition) is 3. The van der Waals surface area contributed by atoms with Gasteiger partial charge in [-0.15, -0.1) is 0 Å². The molecule has 1 N–H and O–H groups in total. The van der Waals surface area contributed by atoms with E-state index in [-0.39, 0.29) is 0 Å². The maximum atomic E-state index is 4.62. The lowest BCUT2D eigenvalue weighted by Gasteiger charge is -2.36. The van der Waals surface area contributed by atoms with E-state index in [2.05, 4.69) is 48.1 Å². The fourth-order valence-electron chi connectivity index (χ4n) is 2.48. The van der Waals surface area contributed by atoms with E-state index in [1.54, 1.807) is 0 Å². The summed E-state index contributed by atoms with van der Waals surface area (Å²) in [5.74, 6) is 2.72. The molecule has 1 aliphatic heterocycles. The molecular weight excluding hydrogens is 222 g/mol. The SMILES string of the molecule is CNC(C)c1ccc(N2CCC(C)C(C)C2)nc1. The molecule has 1 aromatic heterocycles.